The van der Waals surface area contributed by atoms with Gasteiger partial charge in [0.25, 0.3) is 0 Å². The highest BCUT2D eigenvalue weighted by molar-refractivity contribution is 5.35. The first-order valence-electron chi connectivity index (χ1n) is 9.22. The van der Waals surface area contributed by atoms with Gasteiger partial charge in [-0.3, -0.25) is 0 Å². The van der Waals surface area contributed by atoms with Crippen molar-refractivity contribution >= 4 is 0 Å². The summed E-state index contributed by atoms with van der Waals surface area (Å²) in [6, 6.07) is 8.57. The molecule has 1 aromatic carbocycles. The van der Waals surface area contributed by atoms with E-state index >= 15 is 0 Å². The van der Waals surface area contributed by atoms with Crippen molar-refractivity contribution in [1.82, 2.24) is 0 Å². The van der Waals surface area contributed by atoms with E-state index in [9.17, 15) is 0 Å². The first kappa shape index (κ1) is 16.6. The van der Waals surface area contributed by atoms with Crippen molar-refractivity contribution in [2.24, 2.45) is 22.7 Å². The second-order valence-corrected chi connectivity index (χ2v) is 8.40. The van der Waals surface area contributed by atoms with E-state index < -0.39 is 0 Å². The fourth-order valence-electron chi connectivity index (χ4n) is 5.52. The van der Waals surface area contributed by atoms with Gasteiger partial charge in [-0.1, -0.05) is 51.1 Å². The molecule has 0 spiro atoms. The summed E-state index contributed by atoms with van der Waals surface area (Å²) in [6.07, 6.45) is 7.65. The van der Waals surface area contributed by atoms with Crippen molar-refractivity contribution in [2.75, 3.05) is 7.11 Å². The standard InChI is InChI=1S/C22H32O/c1-16-9-8-12-20-21(16,3)14-13-17(2)22(20,4)15-18-10-6-7-11-19(18)23-5/h6-7,10-11,17,20H,1,8-9,12-15H2,2-5H3/t17-,20+,21-,22+/m0/s1. The SMILES string of the molecule is C=C1CCC[C@H]2[C@](C)(Cc3ccccc3OC)[C@@H](C)CC[C@@]12C. The second-order valence-electron chi connectivity index (χ2n) is 8.40. The quantitative estimate of drug-likeness (QED) is 0.619. The van der Waals surface area contributed by atoms with Crippen LogP contribution in [-0.4, -0.2) is 7.11 Å². The molecule has 1 nitrogen and oxygen atoms in total. The predicted octanol–water partition coefficient (Wildman–Crippen LogP) is 6.04. The van der Waals surface area contributed by atoms with Crippen LogP contribution in [0.1, 0.15) is 58.4 Å². The van der Waals surface area contributed by atoms with Crippen LogP contribution in [0.25, 0.3) is 0 Å². The van der Waals surface area contributed by atoms with Crippen LogP contribution in [0.2, 0.25) is 0 Å². The summed E-state index contributed by atoms with van der Waals surface area (Å²) in [4.78, 5) is 0. The molecule has 0 bridgehead atoms. The molecule has 2 fully saturated rings. The van der Waals surface area contributed by atoms with Crippen molar-refractivity contribution in [3.63, 3.8) is 0 Å². The molecular weight excluding hydrogens is 280 g/mol. The summed E-state index contributed by atoms with van der Waals surface area (Å²) in [7, 11) is 1.79. The van der Waals surface area contributed by atoms with Crippen LogP contribution in [0.4, 0.5) is 0 Å². The topological polar surface area (TPSA) is 9.23 Å². The minimum Gasteiger partial charge on any atom is -0.496 e. The largest absolute Gasteiger partial charge is 0.496 e. The van der Waals surface area contributed by atoms with Gasteiger partial charge in [-0.05, 0) is 72.8 Å². The van der Waals surface area contributed by atoms with E-state index in [0.29, 0.717) is 10.8 Å². The van der Waals surface area contributed by atoms with Crippen molar-refractivity contribution in [3.05, 3.63) is 42.0 Å². The Labute approximate surface area is 142 Å². The normalized spacial score (nSPS) is 37.3. The molecule has 0 unspecified atom stereocenters. The molecule has 0 radical (unpaired) electrons. The summed E-state index contributed by atoms with van der Waals surface area (Å²) in [5.41, 5.74) is 3.53. The number of methoxy groups -OCH3 is 1. The Morgan fingerprint density at radius 2 is 1.96 bits per heavy atom. The number of hydrogen-bond acceptors (Lipinski definition) is 1. The first-order chi connectivity index (χ1) is 10.9. The Morgan fingerprint density at radius 1 is 1.22 bits per heavy atom. The van der Waals surface area contributed by atoms with Crippen molar-refractivity contribution in [3.8, 4) is 5.75 Å². The highest BCUT2D eigenvalue weighted by atomic mass is 16.5. The number of rotatable bonds is 3. The molecule has 0 heterocycles. The zero-order valence-electron chi connectivity index (χ0n) is 15.3. The molecule has 2 saturated carbocycles. The molecule has 1 aromatic rings. The minimum atomic E-state index is 0.324. The Bertz CT molecular complexity index is 589. The second kappa shape index (κ2) is 6.00. The van der Waals surface area contributed by atoms with E-state index in [1.807, 2.05) is 0 Å². The molecule has 3 rings (SSSR count). The fourth-order valence-corrected chi connectivity index (χ4v) is 5.52. The molecule has 0 amide bonds. The molecule has 2 aliphatic rings. The first-order valence-corrected chi connectivity index (χ1v) is 9.22. The van der Waals surface area contributed by atoms with Gasteiger partial charge >= 0.3 is 0 Å². The van der Waals surface area contributed by atoms with Gasteiger partial charge in [-0.25, -0.2) is 0 Å². The van der Waals surface area contributed by atoms with E-state index in [4.69, 9.17) is 4.74 Å². The number of allylic oxidation sites excluding steroid dienone is 1. The van der Waals surface area contributed by atoms with Gasteiger partial charge in [0.15, 0.2) is 0 Å². The highest BCUT2D eigenvalue weighted by Gasteiger charge is 2.53. The number of ether oxygens (including phenoxy) is 1. The van der Waals surface area contributed by atoms with E-state index in [1.165, 1.54) is 43.2 Å². The maximum absolute atomic E-state index is 5.63. The third kappa shape index (κ3) is 2.62. The molecule has 0 aromatic heterocycles. The summed E-state index contributed by atoms with van der Waals surface area (Å²) >= 11 is 0. The molecule has 23 heavy (non-hydrogen) atoms. The van der Waals surface area contributed by atoms with E-state index in [1.54, 1.807) is 7.11 Å². The van der Waals surface area contributed by atoms with Gasteiger partial charge in [0.05, 0.1) is 7.11 Å². The molecule has 4 atom stereocenters. The lowest BCUT2D eigenvalue weighted by Crippen LogP contribution is -2.51. The van der Waals surface area contributed by atoms with E-state index in [-0.39, 0.29) is 0 Å². The van der Waals surface area contributed by atoms with Crippen LogP contribution < -0.4 is 4.74 Å². The summed E-state index contributed by atoms with van der Waals surface area (Å²) in [5.74, 6) is 2.53. The van der Waals surface area contributed by atoms with E-state index in [2.05, 4.69) is 51.6 Å². The molecule has 0 aliphatic heterocycles. The smallest absolute Gasteiger partial charge is 0.122 e. The van der Waals surface area contributed by atoms with Gasteiger partial charge in [-0.15, -0.1) is 0 Å². The molecule has 1 heteroatoms. The average molecular weight is 312 g/mol. The van der Waals surface area contributed by atoms with Crippen LogP contribution in [0.5, 0.6) is 5.75 Å². The van der Waals surface area contributed by atoms with Gasteiger partial charge in [0.1, 0.15) is 5.75 Å². The fraction of sp³-hybridized carbons (Fsp3) is 0.636. The van der Waals surface area contributed by atoms with Crippen LogP contribution in [0, 0.1) is 22.7 Å². The predicted molar refractivity (Wildman–Crippen MR) is 97.8 cm³/mol. The third-order valence-electron chi connectivity index (χ3n) is 7.33. The lowest BCUT2D eigenvalue weighted by atomic mass is 9.46. The van der Waals surface area contributed by atoms with Crippen LogP contribution in [0.15, 0.2) is 36.4 Å². The van der Waals surface area contributed by atoms with Crippen molar-refractivity contribution in [2.45, 2.75) is 59.3 Å². The number of para-hydroxylation sites is 1. The average Bonchev–Trinajstić information content (AvgIpc) is 2.54. The van der Waals surface area contributed by atoms with E-state index in [0.717, 1.165) is 24.0 Å². The van der Waals surface area contributed by atoms with Crippen molar-refractivity contribution in [1.29, 1.82) is 0 Å². The highest BCUT2D eigenvalue weighted by Crippen LogP contribution is 2.62. The number of benzene rings is 1. The third-order valence-corrected chi connectivity index (χ3v) is 7.33. The van der Waals surface area contributed by atoms with Crippen LogP contribution >= 0.6 is 0 Å². The Hall–Kier alpha value is -1.24. The number of hydrogen-bond donors (Lipinski definition) is 0. The van der Waals surface area contributed by atoms with Gasteiger partial charge in [0.2, 0.25) is 0 Å². The lowest BCUT2D eigenvalue weighted by molar-refractivity contribution is -0.0491. The molecule has 2 aliphatic carbocycles. The zero-order chi connectivity index (χ0) is 16.7. The number of fused-ring (bicyclic) bond motifs is 1. The summed E-state index contributed by atoms with van der Waals surface area (Å²) in [5, 5.41) is 0. The lowest BCUT2D eigenvalue weighted by Gasteiger charge is -2.59. The molecule has 0 saturated heterocycles. The van der Waals surface area contributed by atoms with Crippen LogP contribution in [-0.2, 0) is 6.42 Å². The van der Waals surface area contributed by atoms with Gasteiger partial charge in [0, 0.05) is 0 Å². The molecule has 126 valence electrons. The maximum atomic E-state index is 5.63. The molecule has 0 N–H and O–H groups in total. The Morgan fingerprint density at radius 3 is 2.70 bits per heavy atom. The Balaban J connectivity index is 1.98. The van der Waals surface area contributed by atoms with Crippen LogP contribution in [0.3, 0.4) is 0 Å². The molecular formula is C22H32O. The summed E-state index contributed by atoms with van der Waals surface area (Å²) in [6.45, 7) is 12.0. The monoisotopic (exact) mass is 312 g/mol. The Kier molecular flexibility index (Phi) is 4.33. The van der Waals surface area contributed by atoms with Crippen molar-refractivity contribution < 1.29 is 4.74 Å². The maximum Gasteiger partial charge on any atom is 0.122 e. The zero-order valence-corrected chi connectivity index (χ0v) is 15.3. The summed E-state index contributed by atoms with van der Waals surface area (Å²) < 4.78 is 5.63. The van der Waals surface area contributed by atoms with Gasteiger partial charge in [-0.2, -0.15) is 0 Å². The van der Waals surface area contributed by atoms with Gasteiger partial charge < -0.3 is 4.74 Å². The minimum absolute atomic E-state index is 0.324.